The number of aliphatic hydroxyl groups is 1. The molecule has 1 aliphatic carbocycles. The van der Waals surface area contributed by atoms with Crippen molar-refractivity contribution in [2.45, 2.75) is 58.6 Å². The van der Waals surface area contributed by atoms with Gasteiger partial charge >= 0.3 is 6.03 Å². The minimum Gasteiger partial charge on any atom is -0.391 e. The Morgan fingerprint density at radius 3 is 2.45 bits per heavy atom. The summed E-state index contributed by atoms with van der Waals surface area (Å²) in [6.45, 7) is 7.66. The Labute approximate surface area is 123 Å². The van der Waals surface area contributed by atoms with Gasteiger partial charge in [0.25, 0.3) is 0 Å². The average molecular weight is 285 g/mol. The van der Waals surface area contributed by atoms with Gasteiger partial charge in [-0.1, -0.05) is 33.6 Å². The first-order chi connectivity index (χ1) is 9.30. The van der Waals surface area contributed by atoms with Crippen LogP contribution in [0.4, 0.5) is 4.79 Å². The molecule has 20 heavy (non-hydrogen) atoms. The maximum Gasteiger partial charge on any atom is 0.314 e. The summed E-state index contributed by atoms with van der Waals surface area (Å²) in [7, 11) is 2.12. The van der Waals surface area contributed by atoms with E-state index in [1.165, 1.54) is 25.7 Å². The monoisotopic (exact) mass is 285 g/mol. The van der Waals surface area contributed by atoms with E-state index in [9.17, 15) is 9.90 Å². The zero-order chi connectivity index (χ0) is 15.2. The Kier molecular flexibility index (Phi) is 6.76. The number of urea groups is 1. The zero-order valence-electron chi connectivity index (χ0n) is 13.4. The van der Waals surface area contributed by atoms with Crippen LogP contribution in [-0.2, 0) is 0 Å². The minimum absolute atomic E-state index is 0.201. The fourth-order valence-electron chi connectivity index (χ4n) is 2.43. The van der Waals surface area contributed by atoms with Gasteiger partial charge in [0.05, 0.1) is 6.10 Å². The highest BCUT2D eigenvalue weighted by molar-refractivity contribution is 5.73. The van der Waals surface area contributed by atoms with Crippen molar-refractivity contribution >= 4 is 6.03 Å². The summed E-state index contributed by atoms with van der Waals surface area (Å²) in [5.74, 6) is 0. The molecule has 0 aromatic carbocycles. The fourth-order valence-corrected chi connectivity index (χ4v) is 2.43. The molecular formula is C15H31N3O2. The molecule has 1 unspecified atom stereocenters. The first-order valence-corrected chi connectivity index (χ1v) is 7.70. The molecule has 0 radical (unpaired) electrons. The van der Waals surface area contributed by atoms with Crippen molar-refractivity contribution in [2.75, 3.05) is 26.7 Å². The number of hydrogen-bond acceptors (Lipinski definition) is 3. The van der Waals surface area contributed by atoms with Gasteiger partial charge in [0.2, 0.25) is 0 Å². The predicted octanol–water partition coefficient (Wildman–Crippen LogP) is 1.57. The summed E-state index contributed by atoms with van der Waals surface area (Å²) >= 11 is 0. The Morgan fingerprint density at radius 1 is 1.30 bits per heavy atom. The van der Waals surface area contributed by atoms with Crippen LogP contribution in [0.25, 0.3) is 0 Å². The number of amides is 2. The normalized spacial score (nSPS) is 18.3. The molecule has 2 amide bonds. The van der Waals surface area contributed by atoms with Crippen molar-refractivity contribution in [3.05, 3.63) is 0 Å². The van der Waals surface area contributed by atoms with Crippen LogP contribution in [0.1, 0.15) is 46.5 Å². The SMILES string of the molecule is CN(CCNC(=O)NCC(O)C(C)(C)C)C1CCCC1. The Morgan fingerprint density at radius 2 is 1.90 bits per heavy atom. The van der Waals surface area contributed by atoms with Gasteiger partial charge in [0.1, 0.15) is 0 Å². The maximum absolute atomic E-state index is 11.6. The van der Waals surface area contributed by atoms with E-state index in [2.05, 4.69) is 22.6 Å². The second kappa shape index (κ2) is 7.84. The van der Waals surface area contributed by atoms with E-state index in [-0.39, 0.29) is 18.0 Å². The van der Waals surface area contributed by atoms with Crippen LogP contribution in [0, 0.1) is 5.41 Å². The van der Waals surface area contributed by atoms with Gasteiger partial charge in [-0.3, -0.25) is 0 Å². The van der Waals surface area contributed by atoms with Gasteiger partial charge in [-0.25, -0.2) is 4.79 Å². The van der Waals surface area contributed by atoms with Gasteiger partial charge in [-0.05, 0) is 25.3 Å². The first kappa shape index (κ1) is 17.2. The largest absolute Gasteiger partial charge is 0.391 e. The first-order valence-electron chi connectivity index (χ1n) is 7.70. The van der Waals surface area contributed by atoms with E-state index in [0.29, 0.717) is 12.6 Å². The molecule has 1 rings (SSSR count). The maximum atomic E-state index is 11.6. The highest BCUT2D eigenvalue weighted by Gasteiger charge is 2.22. The molecular weight excluding hydrogens is 254 g/mol. The number of rotatable bonds is 6. The summed E-state index contributed by atoms with van der Waals surface area (Å²) in [5.41, 5.74) is -0.212. The lowest BCUT2D eigenvalue weighted by molar-refractivity contribution is 0.0649. The van der Waals surface area contributed by atoms with E-state index >= 15 is 0 Å². The van der Waals surface area contributed by atoms with Crippen molar-refractivity contribution in [1.29, 1.82) is 0 Å². The molecule has 1 fully saturated rings. The number of likely N-dealkylation sites (N-methyl/N-ethyl adjacent to an activating group) is 1. The van der Waals surface area contributed by atoms with Crippen molar-refractivity contribution in [2.24, 2.45) is 5.41 Å². The predicted molar refractivity (Wildman–Crippen MR) is 81.7 cm³/mol. The van der Waals surface area contributed by atoms with Crippen LogP contribution in [0.3, 0.4) is 0 Å². The van der Waals surface area contributed by atoms with Crippen LogP contribution in [0.2, 0.25) is 0 Å². The van der Waals surface area contributed by atoms with E-state index < -0.39 is 6.10 Å². The summed E-state index contributed by atoms with van der Waals surface area (Å²) in [4.78, 5) is 14.0. The van der Waals surface area contributed by atoms with E-state index in [1.54, 1.807) is 0 Å². The van der Waals surface area contributed by atoms with E-state index in [1.807, 2.05) is 20.8 Å². The molecule has 5 heteroatoms. The summed E-state index contributed by atoms with van der Waals surface area (Å²) in [5, 5.41) is 15.4. The Hall–Kier alpha value is -0.810. The quantitative estimate of drug-likeness (QED) is 0.694. The van der Waals surface area contributed by atoms with Crippen molar-refractivity contribution in [3.8, 4) is 0 Å². The molecule has 1 aliphatic rings. The number of carbonyl (C=O) groups excluding carboxylic acids is 1. The molecule has 0 aromatic heterocycles. The molecule has 0 heterocycles. The molecule has 0 aliphatic heterocycles. The number of nitrogens with zero attached hydrogens (tertiary/aromatic N) is 1. The number of hydrogen-bond donors (Lipinski definition) is 3. The second-order valence-electron chi connectivity index (χ2n) is 6.94. The zero-order valence-corrected chi connectivity index (χ0v) is 13.4. The van der Waals surface area contributed by atoms with E-state index in [4.69, 9.17) is 0 Å². The van der Waals surface area contributed by atoms with Gasteiger partial charge in [-0.2, -0.15) is 0 Å². The molecule has 3 N–H and O–H groups in total. The Balaban J connectivity index is 2.11. The lowest BCUT2D eigenvalue weighted by Crippen LogP contribution is -2.45. The molecule has 0 aromatic rings. The summed E-state index contributed by atoms with van der Waals surface area (Å²) in [6, 6.07) is 0.482. The molecule has 5 nitrogen and oxygen atoms in total. The highest BCUT2D eigenvalue weighted by atomic mass is 16.3. The lowest BCUT2D eigenvalue weighted by Gasteiger charge is -2.26. The van der Waals surface area contributed by atoms with E-state index in [0.717, 1.165) is 6.54 Å². The molecule has 0 bridgehead atoms. The van der Waals surface area contributed by atoms with Gasteiger partial charge in [0.15, 0.2) is 0 Å². The van der Waals surface area contributed by atoms with Gasteiger partial charge in [0, 0.05) is 25.7 Å². The fraction of sp³-hybridized carbons (Fsp3) is 0.933. The Bertz CT molecular complexity index is 296. The van der Waals surface area contributed by atoms with Crippen LogP contribution in [0.5, 0.6) is 0 Å². The van der Waals surface area contributed by atoms with Gasteiger partial charge in [-0.15, -0.1) is 0 Å². The highest BCUT2D eigenvalue weighted by Crippen LogP contribution is 2.21. The van der Waals surface area contributed by atoms with Crippen LogP contribution >= 0.6 is 0 Å². The van der Waals surface area contributed by atoms with Crippen molar-refractivity contribution in [3.63, 3.8) is 0 Å². The molecule has 1 saturated carbocycles. The number of carbonyl (C=O) groups is 1. The molecule has 0 saturated heterocycles. The summed E-state index contributed by atoms with van der Waals surface area (Å²) in [6.07, 6.45) is 4.68. The van der Waals surface area contributed by atoms with Gasteiger partial charge < -0.3 is 20.6 Å². The molecule has 0 spiro atoms. The smallest absolute Gasteiger partial charge is 0.314 e. The standard InChI is InChI=1S/C15H31N3O2/c1-15(2,3)13(19)11-17-14(20)16-9-10-18(4)12-7-5-6-8-12/h12-13,19H,5-11H2,1-4H3,(H2,16,17,20). The topological polar surface area (TPSA) is 64.6 Å². The van der Waals surface area contributed by atoms with Crippen LogP contribution in [0.15, 0.2) is 0 Å². The minimum atomic E-state index is -0.533. The van der Waals surface area contributed by atoms with Crippen molar-refractivity contribution < 1.29 is 9.90 Å². The third kappa shape index (κ3) is 6.09. The second-order valence-corrected chi connectivity index (χ2v) is 6.94. The summed E-state index contributed by atoms with van der Waals surface area (Å²) < 4.78 is 0. The molecule has 118 valence electrons. The lowest BCUT2D eigenvalue weighted by atomic mass is 9.89. The number of aliphatic hydroxyl groups excluding tert-OH is 1. The number of nitrogens with one attached hydrogen (secondary N) is 2. The molecule has 1 atom stereocenters. The average Bonchev–Trinajstić information content (AvgIpc) is 2.88. The van der Waals surface area contributed by atoms with Crippen molar-refractivity contribution in [1.82, 2.24) is 15.5 Å². The van der Waals surface area contributed by atoms with Crippen LogP contribution in [-0.4, -0.2) is 54.9 Å². The third-order valence-electron chi connectivity index (χ3n) is 4.15. The third-order valence-corrected chi connectivity index (χ3v) is 4.15. The van der Waals surface area contributed by atoms with Crippen LogP contribution < -0.4 is 10.6 Å².